The van der Waals surface area contributed by atoms with E-state index in [1.807, 2.05) is 36.1 Å². The van der Waals surface area contributed by atoms with Gasteiger partial charge in [-0.2, -0.15) is 0 Å². The summed E-state index contributed by atoms with van der Waals surface area (Å²) in [5.74, 6) is -0.126. The maximum Gasteiger partial charge on any atom is 0.253 e. The van der Waals surface area contributed by atoms with Gasteiger partial charge in [0.2, 0.25) is 0 Å². The molecule has 1 saturated heterocycles. The molecular weight excluding hydrogens is 324 g/mol. The van der Waals surface area contributed by atoms with E-state index in [0.29, 0.717) is 17.7 Å². The zero-order valence-corrected chi connectivity index (χ0v) is 15.3. The molecule has 2 aromatic carbocycles. The molecule has 1 aliphatic rings. The van der Waals surface area contributed by atoms with E-state index in [-0.39, 0.29) is 11.8 Å². The standard InChI is InChI=1S/C22H26N2O2/c1-17-9-4-5-10-20(17)16-23-21(25)18-11-8-12-19(15-18)22(26)24-13-6-2-3-7-14-24/h4-5,8-12,15H,2-3,6-7,13-14,16H2,1H3,(H,23,25). The Hall–Kier alpha value is -2.62. The summed E-state index contributed by atoms with van der Waals surface area (Å²) in [6, 6.07) is 15.0. The molecule has 3 rings (SSSR count). The zero-order valence-electron chi connectivity index (χ0n) is 15.3. The Morgan fingerprint density at radius 3 is 2.35 bits per heavy atom. The van der Waals surface area contributed by atoms with Crippen molar-refractivity contribution in [2.45, 2.75) is 39.2 Å². The van der Waals surface area contributed by atoms with Crippen molar-refractivity contribution >= 4 is 11.8 Å². The first-order chi connectivity index (χ1) is 12.6. The molecular formula is C22H26N2O2. The molecule has 4 heteroatoms. The third-order valence-electron chi connectivity index (χ3n) is 4.97. The fraction of sp³-hybridized carbons (Fsp3) is 0.364. The maximum absolute atomic E-state index is 12.7. The number of nitrogens with zero attached hydrogens (tertiary/aromatic N) is 1. The van der Waals surface area contributed by atoms with E-state index in [0.717, 1.165) is 37.1 Å². The Morgan fingerprint density at radius 2 is 1.62 bits per heavy atom. The number of hydrogen-bond acceptors (Lipinski definition) is 2. The van der Waals surface area contributed by atoms with Crippen LogP contribution in [0.15, 0.2) is 48.5 Å². The van der Waals surface area contributed by atoms with E-state index in [1.54, 1.807) is 24.3 Å². The highest BCUT2D eigenvalue weighted by atomic mass is 16.2. The van der Waals surface area contributed by atoms with E-state index in [1.165, 1.54) is 12.8 Å². The summed E-state index contributed by atoms with van der Waals surface area (Å²) in [5, 5.41) is 2.95. The Labute approximate surface area is 155 Å². The fourth-order valence-corrected chi connectivity index (χ4v) is 3.34. The molecule has 0 aromatic heterocycles. The molecule has 26 heavy (non-hydrogen) atoms. The summed E-state index contributed by atoms with van der Waals surface area (Å²) in [6.45, 7) is 4.13. The maximum atomic E-state index is 12.7. The van der Waals surface area contributed by atoms with Crippen LogP contribution in [0.3, 0.4) is 0 Å². The molecule has 2 aromatic rings. The quantitative estimate of drug-likeness (QED) is 0.908. The molecule has 0 unspecified atom stereocenters. The van der Waals surface area contributed by atoms with Crippen molar-refractivity contribution in [3.05, 3.63) is 70.8 Å². The monoisotopic (exact) mass is 350 g/mol. The summed E-state index contributed by atoms with van der Waals surface area (Å²) in [4.78, 5) is 27.2. The summed E-state index contributed by atoms with van der Waals surface area (Å²) < 4.78 is 0. The summed E-state index contributed by atoms with van der Waals surface area (Å²) in [5.41, 5.74) is 3.37. The average Bonchev–Trinajstić information content (AvgIpc) is 2.96. The van der Waals surface area contributed by atoms with Crippen LogP contribution in [-0.4, -0.2) is 29.8 Å². The number of hydrogen-bond donors (Lipinski definition) is 1. The van der Waals surface area contributed by atoms with Crippen LogP contribution in [-0.2, 0) is 6.54 Å². The minimum atomic E-state index is -0.154. The summed E-state index contributed by atoms with van der Waals surface area (Å²) >= 11 is 0. The van der Waals surface area contributed by atoms with Crippen LogP contribution in [0.2, 0.25) is 0 Å². The number of likely N-dealkylation sites (tertiary alicyclic amines) is 1. The van der Waals surface area contributed by atoms with Crippen LogP contribution in [0, 0.1) is 6.92 Å². The van der Waals surface area contributed by atoms with E-state index in [2.05, 4.69) is 5.32 Å². The number of amides is 2. The van der Waals surface area contributed by atoms with E-state index in [4.69, 9.17) is 0 Å². The molecule has 2 amide bonds. The fourth-order valence-electron chi connectivity index (χ4n) is 3.34. The predicted octanol–water partition coefficient (Wildman–Crippen LogP) is 3.94. The van der Waals surface area contributed by atoms with Gasteiger partial charge >= 0.3 is 0 Å². The van der Waals surface area contributed by atoms with Gasteiger partial charge in [-0.25, -0.2) is 0 Å². The van der Waals surface area contributed by atoms with Gasteiger partial charge in [-0.15, -0.1) is 0 Å². The van der Waals surface area contributed by atoms with Crippen LogP contribution in [0.5, 0.6) is 0 Å². The molecule has 0 saturated carbocycles. The van der Waals surface area contributed by atoms with Crippen molar-refractivity contribution in [1.82, 2.24) is 10.2 Å². The highest BCUT2D eigenvalue weighted by molar-refractivity contribution is 5.99. The van der Waals surface area contributed by atoms with Gasteiger partial charge in [0.05, 0.1) is 0 Å². The lowest BCUT2D eigenvalue weighted by atomic mass is 10.1. The third kappa shape index (κ3) is 4.51. The second kappa shape index (κ2) is 8.65. The van der Waals surface area contributed by atoms with Gasteiger partial charge in [-0.05, 0) is 49.1 Å². The number of benzene rings is 2. The number of carbonyl (C=O) groups excluding carboxylic acids is 2. The first kappa shape index (κ1) is 18.2. The smallest absolute Gasteiger partial charge is 0.253 e. The molecule has 0 spiro atoms. The number of carbonyl (C=O) groups is 2. The summed E-state index contributed by atoms with van der Waals surface area (Å²) in [6.07, 6.45) is 4.49. The van der Waals surface area contributed by atoms with E-state index < -0.39 is 0 Å². The Balaban J connectivity index is 1.67. The number of nitrogens with one attached hydrogen (secondary N) is 1. The second-order valence-electron chi connectivity index (χ2n) is 6.90. The molecule has 0 bridgehead atoms. The van der Waals surface area contributed by atoms with E-state index in [9.17, 15) is 9.59 Å². The molecule has 4 nitrogen and oxygen atoms in total. The largest absolute Gasteiger partial charge is 0.348 e. The number of rotatable bonds is 4. The first-order valence-electron chi connectivity index (χ1n) is 9.37. The zero-order chi connectivity index (χ0) is 18.4. The van der Waals surface area contributed by atoms with Gasteiger partial charge in [0.15, 0.2) is 0 Å². The van der Waals surface area contributed by atoms with Crippen molar-refractivity contribution in [3.8, 4) is 0 Å². The van der Waals surface area contributed by atoms with Crippen LogP contribution in [0.4, 0.5) is 0 Å². The van der Waals surface area contributed by atoms with Gasteiger partial charge in [-0.3, -0.25) is 9.59 Å². The summed E-state index contributed by atoms with van der Waals surface area (Å²) in [7, 11) is 0. The molecule has 1 fully saturated rings. The van der Waals surface area contributed by atoms with Crippen molar-refractivity contribution in [1.29, 1.82) is 0 Å². The molecule has 1 aliphatic heterocycles. The van der Waals surface area contributed by atoms with Gasteiger partial charge < -0.3 is 10.2 Å². The van der Waals surface area contributed by atoms with Gasteiger partial charge in [0.25, 0.3) is 11.8 Å². The minimum Gasteiger partial charge on any atom is -0.348 e. The molecule has 0 radical (unpaired) electrons. The van der Waals surface area contributed by atoms with Crippen molar-refractivity contribution in [2.24, 2.45) is 0 Å². The lowest BCUT2D eigenvalue weighted by molar-refractivity contribution is 0.0761. The van der Waals surface area contributed by atoms with Crippen molar-refractivity contribution in [3.63, 3.8) is 0 Å². The highest BCUT2D eigenvalue weighted by Crippen LogP contribution is 2.15. The van der Waals surface area contributed by atoms with Crippen molar-refractivity contribution < 1.29 is 9.59 Å². The minimum absolute atomic E-state index is 0.0282. The molecule has 0 atom stereocenters. The molecule has 1 N–H and O–H groups in total. The predicted molar refractivity (Wildman–Crippen MR) is 103 cm³/mol. The van der Waals surface area contributed by atoms with Crippen molar-refractivity contribution in [2.75, 3.05) is 13.1 Å². The van der Waals surface area contributed by atoms with Crippen LogP contribution >= 0.6 is 0 Å². The lowest BCUT2D eigenvalue weighted by Gasteiger charge is -2.20. The topological polar surface area (TPSA) is 49.4 Å². The third-order valence-corrected chi connectivity index (χ3v) is 4.97. The first-order valence-corrected chi connectivity index (χ1v) is 9.37. The Kier molecular flexibility index (Phi) is 6.05. The number of aryl methyl sites for hydroxylation is 1. The van der Waals surface area contributed by atoms with Crippen LogP contribution < -0.4 is 5.32 Å². The SMILES string of the molecule is Cc1ccccc1CNC(=O)c1cccc(C(=O)N2CCCCCC2)c1. The average molecular weight is 350 g/mol. The van der Waals surface area contributed by atoms with E-state index >= 15 is 0 Å². The Morgan fingerprint density at radius 1 is 0.923 bits per heavy atom. The van der Waals surface area contributed by atoms with Gasteiger partial charge in [0, 0.05) is 30.8 Å². The second-order valence-corrected chi connectivity index (χ2v) is 6.90. The normalized spacial score (nSPS) is 14.6. The molecule has 136 valence electrons. The van der Waals surface area contributed by atoms with Gasteiger partial charge in [0.1, 0.15) is 0 Å². The Bertz CT molecular complexity index is 777. The van der Waals surface area contributed by atoms with Crippen LogP contribution in [0.25, 0.3) is 0 Å². The molecule has 0 aliphatic carbocycles. The highest BCUT2D eigenvalue weighted by Gasteiger charge is 2.18. The van der Waals surface area contributed by atoms with Gasteiger partial charge in [-0.1, -0.05) is 43.2 Å². The molecule has 1 heterocycles. The lowest BCUT2D eigenvalue weighted by Crippen LogP contribution is -2.32. The van der Waals surface area contributed by atoms with Crippen LogP contribution in [0.1, 0.15) is 57.5 Å².